The number of nitro groups is 1. The van der Waals surface area contributed by atoms with E-state index in [0.29, 0.717) is 11.0 Å². The van der Waals surface area contributed by atoms with Gasteiger partial charge in [-0.3, -0.25) is 20.0 Å². The first-order valence-electron chi connectivity index (χ1n) is 8.09. The Bertz CT molecular complexity index is 985. The minimum atomic E-state index is -0.515. The molecule has 1 amide bonds. The second-order valence-corrected chi connectivity index (χ2v) is 6.89. The van der Waals surface area contributed by atoms with Crippen LogP contribution in [0.5, 0.6) is 0 Å². The van der Waals surface area contributed by atoms with E-state index in [4.69, 9.17) is 0 Å². The molecule has 8 nitrogen and oxygen atoms in total. The predicted octanol–water partition coefficient (Wildman–Crippen LogP) is 3.73. The number of aromatic nitrogens is 3. The molecule has 0 spiro atoms. The van der Waals surface area contributed by atoms with Crippen LogP contribution >= 0.6 is 11.8 Å². The minimum Gasteiger partial charge on any atom is -0.320 e. The third-order valence-electron chi connectivity index (χ3n) is 3.75. The van der Waals surface area contributed by atoms with Gasteiger partial charge in [0.15, 0.2) is 5.82 Å². The quantitative estimate of drug-likeness (QED) is 0.381. The molecule has 138 valence electrons. The summed E-state index contributed by atoms with van der Waals surface area (Å²) < 4.78 is 0. The van der Waals surface area contributed by atoms with Gasteiger partial charge in [-0.15, -0.1) is 5.10 Å². The number of aromatic amines is 1. The van der Waals surface area contributed by atoms with Crippen LogP contribution in [0.25, 0.3) is 11.4 Å². The number of H-pyrrole nitrogens is 1. The third-order valence-corrected chi connectivity index (χ3v) is 4.59. The number of aryl methyl sites for hydroxylation is 2. The van der Waals surface area contributed by atoms with Crippen LogP contribution in [0.1, 0.15) is 11.1 Å². The van der Waals surface area contributed by atoms with Gasteiger partial charge in [-0.1, -0.05) is 47.7 Å². The summed E-state index contributed by atoms with van der Waals surface area (Å²) >= 11 is 1.15. The van der Waals surface area contributed by atoms with Crippen LogP contribution in [0.15, 0.2) is 47.6 Å². The highest BCUT2D eigenvalue weighted by molar-refractivity contribution is 7.99. The standard InChI is InChI=1S/C18H17N5O3S/c1-11-3-6-13(7-4-11)17-20-18(22-21-17)27-10-16(24)19-14-8-5-12(2)9-15(14)23(25)26/h3-9H,10H2,1-2H3,(H,19,24)(H,20,21,22). The Balaban J connectivity index is 1.62. The van der Waals surface area contributed by atoms with E-state index < -0.39 is 4.92 Å². The summed E-state index contributed by atoms with van der Waals surface area (Å²) in [5, 5.41) is 21.0. The van der Waals surface area contributed by atoms with Crippen molar-refractivity contribution in [3.63, 3.8) is 0 Å². The zero-order valence-corrected chi connectivity index (χ0v) is 15.5. The lowest BCUT2D eigenvalue weighted by molar-refractivity contribution is -0.384. The topological polar surface area (TPSA) is 114 Å². The van der Waals surface area contributed by atoms with Crippen molar-refractivity contribution in [2.75, 3.05) is 11.1 Å². The number of thioether (sulfide) groups is 1. The van der Waals surface area contributed by atoms with Gasteiger partial charge in [-0.05, 0) is 25.5 Å². The average molecular weight is 383 g/mol. The van der Waals surface area contributed by atoms with Gasteiger partial charge in [-0.25, -0.2) is 4.98 Å². The van der Waals surface area contributed by atoms with E-state index in [9.17, 15) is 14.9 Å². The molecular weight excluding hydrogens is 366 g/mol. The second-order valence-electron chi connectivity index (χ2n) is 5.95. The summed E-state index contributed by atoms with van der Waals surface area (Å²) in [6.07, 6.45) is 0. The van der Waals surface area contributed by atoms with Crippen molar-refractivity contribution in [3.8, 4) is 11.4 Å². The second kappa shape index (κ2) is 8.00. The van der Waals surface area contributed by atoms with Crippen molar-refractivity contribution in [3.05, 3.63) is 63.7 Å². The first-order chi connectivity index (χ1) is 12.9. The fraction of sp³-hybridized carbons (Fsp3) is 0.167. The molecule has 27 heavy (non-hydrogen) atoms. The number of benzene rings is 2. The Morgan fingerprint density at radius 2 is 1.89 bits per heavy atom. The normalized spacial score (nSPS) is 10.6. The zero-order chi connectivity index (χ0) is 19.4. The molecule has 1 heterocycles. The van der Waals surface area contributed by atoms with Crippen molar-refractivity contribution in [1.82, 2.24) is 15.2 Å². The van der Waals surface area contributed by atoms with E-state index in [2.05, 4.69) is 20.5 Å². The molecule has 0 aliphatic rings. The van der Waals surface area contributed by atoms with E-state index in [-0.39, 0.29) is 23.0 Å². The molecule has 3 aromatic rings. The number of anilines is 1. The Morgan fingerprint density at radius 1 is 1.19 bits per heavy atom. The molecule has 3 rings (SSSR count). The summed E-state index contributed by atoms with van der Waals surface area (Å²) in [5.74, 6) is 0.289. The van der Waals surface area contributed by atoms with Crippen LogP contribution in [0.2, 0.25) is 0 Å². The molecule has 0 fully saturated rings. The van der Waals surface area contributed by atoms with E-state index in [1.807, 2.05) is 31.2 Å². The summed E-state index contributed by atoms with van der Waals surface area (Å²) in [4.78, 5) is 27.1. The van der Waals surface area contributed by atoms with Crippen molar-refractivity contribution < 1.29 is 9.72 Å². The molecule has 0 bridgehead atoms. The van der Waals surface area contributed by atoms with Crippen LogP contribution in [0.4, 0.5) is 11.4 Å². The number of nitrogens with zero attached hydrogens (tertiary/aromatic N) is 3. The zero-order valence-electron chi connectivity index (χ0n) is 14.7. The summed E-state index contributed by atoms with van der Waals surface area (Å²) in [6.45, 7) is 3.76. The predicted molar refractivity (Wildman–Crippen MR) is 104 cm³/mol. The number of hydrogen-bond acceptors (Lipinski definition) is 6. The van der Waals surface area contributed by atoms with Gasteiger partial charge in [-0.2, -0.15) is 0 Å². The van der Waals surface area contributed by atoms with Crippen LogP contribution < -0.4 is 5.32 Å². The van der Waals surface area contributed by atoms with Gasteiger partial charge >= 0.3 is 0 Å². The fourth-order valence-electron chi connectivity index (χ4n) is 2.37. The molecule has 0 aliphatic heterocycles. The lowest BCUT2D eigenvalue weighted by Gasteiger charge is -2.05. The molecular formula is C18H17N5O3S. The third kappa shape index (κ3) is 4.70. The Kier molecular flexibility index (Phi) is 5.51. The maximum Gasteiger partial charge on any atom is 0.293 e. The van der Waals surface area contributed by atoms with Crippen molar-refractivity contribution >= 4 is 29.0 Å². The smallest absolute Gasteiger partial charge is 0.293 e. The van der Waals surface area contributed by atoms with Gasteiger partial charge < -0.3 is 5.32 Å². The Hall–Kier alpha value is -3.20. The molecule has 0 unspecified atom stereocenters. The van der Waals surface area contributed by atoms with Gasteiger partial charge in [0, 0.05) is 11.6 Å². The van der Waals surface area contributed by atoms with Crippen molar-refractivity contribution in [2.45, 2.75) is 19.0 Å². The number of rotatable bonds is 6. The number of carbonyl (C=O) groups is 1. The average Bonchev–Trinajstić information content (AvgIpc) is 3.11. The lowest BCUT2D eigenvalue weighted by Crippen LogP contribution is -2.15. The molecule has 0 saturated carbocycles. The van der Waals surface area contributed by atoms with Gasteiger partial charge in [0.1, 0.15) is 5.69 Å². The molecule has 1 aromatic heterocycles. The van der Waals surface area contributed by atoms with Crippen molar-refractivity contribution in [2.24, 2.45) is 0 Å². The largest absolute Gasteiger partial charge is 0.320 e. The Morgan fingerprint density at radius 3 is 2.59 bits per heavy atom. The molecule has 0 saturated heterocycles. The molecule has 2 N–H and O–H groups in total. The van der Waals surface area contributed by atoms with Gasteiger partial charge in [0.25, 0.3) is 5.69 Å². The van der Waals surface area contributed by atoms with Crippen LogP contribution in [0, 0.1) is 24.0 Å². The van der Waals surface area contributed by atoms with Gasteiger partial charge in [0.2, 0.25) is 11.1 Å². The number of hydrogen-bond donors (Lipinski definition) is 2. The molecule has 0 aliphatic carbocycles. The van der Waals surface area contributed by atoms with Crippen LogP contribution in [0.3, 0.4) is 0 Å². The minimum absolute atomic E-state index is 0.0379. The summed E-state index contributed by atoms with van der Waals surface area (Å²) in [5.41, 5.74) is 2.84. The summed E-state index contributed by atoms with van der Waals surface area (Å²) in [6, 6.07) is 12.5. The molecule has 9 heteroatoms. The lowest BCUT2D eigenvalue weighted by atomic mass is 10.1. The highest BCUT2D eigenvalue weighted by Gasteiger charge is 2.16. The maximum absolute atomic E-state index is 12.1. The molecule has 0 atom stereocenters. The fourth-order valence-corrected chi connectivity index (χ4v) is 2.96. The van der Waals surface area contributed by atoms with Crippen LogP contribution in [-0.4, -0.2) is 31.8 Å². The van der Waals surface area contributed by atoms with Crippen molar-refractivity contribution in [1.29, 1.82) is 0 Å². The summed E-state index contributed by atoms with van der Waals surface area (Å²) in [7, 11) is 0. The van der Waals surface area contributed by atoms with E-state index in [1.54, 1.807) is 13.0 Å². The van der Waals surface area contributed by atoms with Crippen LogP contribution in [-0.2, 0) is 4.79 Å². The Labute approximate surface area is 159 Å². The number of nitrogens with one attached hydrogen (secondary N) is 2. The number of carbonyl (C=O) groups excluding carboxylic acids is 1. The first-order valence-corrected chi connectivity index (χ1v) is 9.08. The molecule has 2 aromatic carbocycles. The SMILES string of the molecule is Cc1ccc(-c2nc(SCC(=O)Nc3ccc(C)cc3[N+](=O)[O-])n[nH]2)cc1. The van der Waals surface area contributed by atoms with E-state index in [0.717, 1.165) is 28.5 Å². The maximum atomic E-state index is 12.1. The highest BCUT2D eigenvalue weighted by atomic mass is 32.2. The van der Waals surface area contributed by atoms with E-state index >= 15 is 0 Å². The number of amides is 1. The molecule has 0 radical (unpaired) electrons. The monoisotopic (exact) mass is 383 g/mol. The first kappa shape index (κ1) is 18.6. The van der Waals surface area contributed by atoms with Gasteiger partial charge in [0.05, 0.1) is 10.7 Å². The highest BCUT2D eigenvalue weighted by Crippen LogP contribution is 2.26. The van der Waals surface area contributed by atoms with E-state index in [1.165, 1.54) is 12.1 Å². The number of nitro benzene ring substituents is 1.